The number of hydrogen-bond acceptors (Lipinski definition) is 3. The number of hydrogen-bond donors (Lipinski definition) is 3. The van der Waals surface area contributed by atoms with Crippen molar-refractivity contribution < 1.29 is 9.53 Å². The van der Waals surface area contributed by atoms with Crippen molar-refractivity contribution in [2.75, 3.05) is 11.9 Å². The predicted octanol–water partition coefficient (Wildman–Crippen LogP) is 4.01. The van der Waals surface area contributed by atoms with Crippen molar-refractivity contribution in [3.63, 3.8) is 0 Å². The summed E-state index contributed by atoms with van der Waals surface area (Å²) in [5.74, 6) is 0.186. The summed E-state index contributed by atoms with van der Waals surface area (Å²) in [5, 5.41) is 4.42. The van der Waals surface area contributed by atoms with Gasteiger partial charge in [0, 0.05) is 15.7 Å². The summed E-state index contributed by atoms with van der Waals surface area (Å²) in [7, 11) is 0. The van der Waals surface area contributed by atoms with Crippen molar-refractivity contribution in [3.8, 4) is 5.75 Å². The Balaban J connectivity index is 1.76. The van der Waals surface area contributed by atoms with Crippen LogP contribution in [0.3, 0.4) is 0 Å². The molecular weight excluding hydrogens is 381 g/mol. The highest BCUT2D eigenvalue weighted by Crippen LogP contribution is 2.21. The van der Waals surface area contributed by atoms with Crippen LogP contribution in [0.5, 0.6) is 5.75 Å². The van der Waals surface area contributed by atoms with E-state index in [9.17, 15) is 4.79 Å². The lowest BCUT2D eigenvalue weighted by molar-refractivity contribution is -0.123. The number of anilines is 1. The maximum absolute atomic E-state index is 11.8. The van der Waals surface area contributed by atoms with Crippen LogP contribution in [0.15, 0.2) is 36.4 Å². The molecule has 0 fully saturated rings. The van der Waals surface area contributed by atoms with Crippen LogP contribution >= 0.6 is 35.4 Å². The molecule has 0 aliphatic rings. The van der Waals surface area contributed by atoms with Gasteiger partial charge in [-0.05, 0) is 67.5 Å². The molecule has 8 heteroatoms. The van der Waals surface area contributed by atoms with Crippen molar-refractivity contribution in [1.29, 1.82) is 0 Å². The molecule has 0 aromatic heterocycles. The lowest BCUT2D eigenvalue weighted by atomic mass is 10.2. The zero-order chi connectivity index (χ0) is 18.4. The lowest BCUT2D eigenvalue weighted by Gasteiger charge is -2.13. The highest BCUT2D eigenvalue weighted by molar-refractivity contribution is 7.80. The summed E-state index contributed by atoms with van der Waals surface area (Å²) in [6.07, 6.45) is 0. The molecule has 5 nitrogen and oxygen atoms in total. The Bertz CT molecular complexity index is 799. The van der Waals surface area contributed by atoms with Crippen LogP contribution in [0, 0.1) is 13.8 Å². The van der Waals surface area contributed by atoms with E-state index in [1.165, 1.54) is 0 Å². The van der Waals surface area contributed by atoms with Gasteiger partial charge in [0.2, 0.25) is 0 Å². The number of ether oxygens (including phenoxy) is 1. The largest absolute Gasteiger partial charge is 0.484 e. The zero-order valence-corrected chi connectivity index (χ0v) is 16.0. The number of benzene rings is 2. The molecule has 1 amide bonds. The van der Waals surface area contributed by atoms with Gasteiger partial charge < -0.3 is 10.1 Å². The third-order valence-electron chi connectivity index (χ3n) is 3.24. The number of amides is 1. The van der Waals surface area contributed by atoms with Crippen LogP contribution in [0.2, 0.25) is 10.0 Å². The van der Waals surface area contributed by atoms with E-state index in [4.69, 9.17) is 40.2 Å². The smallest absolute Gasteiger partial charge is 0.276 e. The molecule has 3 N–H and O–H groups in total. The minimum Gasteiger partial charge on any atom is -0.484 e. The van der Waals surface area contributed by atoms with E-state index in [1.54, 1.807) is 24.3 Å². The van der Waals surface area contributed by atoms with Crippen molar-refractivity contribution in [2.24, 2.45) is 0 Å². The molecule has 2 aromatic carbocycles. The predicted molar refractivity (Wildman–Crippen MR) is 105 cm³/mol. The average Bonchev–Trinajstić information content (AvgIpc) is 2.57. The highest BCUT2D eigenvalue weighted by atomic mass is 35.5. The van der Waals surface area contributed by atoms with E-state index in [-0.39, 0.29) is 17.6 Å². The summed E-state index contributed by atoms with van der Waals surface area (Å²) >= 11 is 17.1. The van der Waals surface area contributed by atoms with Gasteiger partial charge >= 0.3 is 0 Å². The van der Waals surface area contributed by atoms with Gasteiger partial charge in [-0.3, -0.25) is 15.6 Å². The molecule has 0 unspecified atom stereocenters. The summed E-state index contributed by atoms with van der Waals surface area (Å²) < 4.78 is 5.39. The van der Waals surface area contributed by atoms with Gasteiger partial charge in [-0.1, -0.05) is 29.3 Å². The molecule has 0 bridgehead atoms. The molecule has 0 saturated heterocycles. The molecule has 0 spiro atoms. The van der Waals surface area contributed by atoms with Crippen LogP contribution < -0.4 is 20.9 Å². The summed E-state index contributed by atoms with van der Waals surface area (Å²) in [5.41, 5.74) is 7.61. The van der Waals surface area contributed by atoms with E-state index >= 15 is 0 Å². The first-order chi connectivity index (χ1) is 11.8. The lowest BCUT2D eigenvalue weighted by Crippen LogP contribution is -2.45. The Labute approximate surface area is 161 Å². The first-order valence-corrected chi connectivity index (χ1v) is 8.52. The van der Waals surface area contributed by atoms with Gasteiger partial charge in [0.25, 0.3) is 5.91 Å². The van der Waals surface area contributed by atoms with Gasteiger partial charge in [0.05, 0.1) is 0 Å². The Morgan fingerprint density at radius 2 is 1.80 bits per heavy atom. The van der Waals surface area contributed by atoms with Crippen LogP contribution in [0.25, 0.3) is 0 Å². The maximum atomic E-state index is 11.8. The maximum Gasteiger partial charge on any atom is 0.276 e. The number of nitrogens with one attached hydrogen (secondary N) is 3. The van der Waals surface area contributed by atoms with E-state index in [0.717, 1.165) is 16.8 Å². The number of carbonyl (C=O) groups is 1. The third-order valence-corrected chi connectivity index (χ3v) is 4.28. The number of halogens is 2. The Hall–Kier alpha value is -2.02. The third kappa shape index (κ3) is 6.08. The summed E-state index contributed by atoms with van der Waals surface area (Å²) in [4.78, 5) is 11.8. The first-order valence-electron chi connectivity index (χ1n) is 7.36. The number of rotatable bonds is 4. The van der Waals surface area contributed by atoms with Gasteiger partial charge in [0.1, 0.15) is 5.75 Å². The molecule has 0 heterocycles. The highest BCUT2D eigenvalue weighted by Gasteiger charge is 2.05. The van der Waals surface area contributed by atoms with Crippen LogP contribution in [-0.2, 0) is 4.79 Å². The molecule has 0 radical (unpaired) electrons. The monoisotopic (exact) mass is 397 g/mol. The van der Waals surface area contributed by atoms with Crippen molar-refractivity contribution >= 4 is 52.1 Å². The van der Waals surface area contributed by atoms with E-state index in [1.807, 2.05) is 26.0 Å². The average molecular weight is 398 g/mol. The summed E-state index contributed by atoms with van der Waals surface area (Å²) in [6.45, 7) is 3.61. The second kappa shape index (κ2) is 8.89. The molecule has 0 saturated carbocycles. The summed E-state index contributed by atoms with van der Waals surface area (Å²) in [6, 6.07) is 10.6. The molecule has 2 aromatic rings. The van der Waals surface area contributed by atoms with Gasteiger partial charge in [0.15, 0.2) is 11.7 Å². The molecule has 132 valence electrons. The molecule has 2 rings (SSSR count). The quantitative estimate of drug-likeness (QED) is 0.537. The Morgan fingerprint density at radius 1 is 1.04 bits per heavy atom. The minimum atomic E-state index is -0.376. The normalized spacial score (nSPS) is 10.1. The zero-order valence-electron chi connectivity index (χ0n) is 13.7. The fourth-order valence-corrected chi connectivity index (χ4v) is 2.32. The Morgan fingerprint density at radius 3 is 2.48 bits per heavy atom. The number of hydrazine groups is 1. The topological polar surface area (TPSA) is 62.4 Å². The van der Waals surface area contributed by atoms with E-state index < -0.39 is 0 Å². The van der Waals surface area contributed by atoms with Crippen LogP contribution in [-0.4, -0.2) is 17.6 Å². The van der Waals surface area contributed by atoms with Gasteiger partial charge in [-0.15, -0.1) is 0 Å². The van der Waals surface area contributed by atoms with E-state index in [2.05, 4.69) is 16.2 Å². The van der Waals surface area contributed by atoms with Gasteiger partial charge in [-0.25, -0.2) is 0 Å². The number of carbonyl (C=O) groups excluding carboxylic acids is 1. The molecule has 25 heavy (non-hydrogen) atoms. The standard InChI is InChI=1S/C17H17Cl2N3O2S/c1-10-3-4-12(8-15(10)19)20-17(25)22-21-16(23)9-24-13-5-6-14(18)11(2)7-13/h3-8H,9H2,1-2H3,(H,21,23)(H2,20,22,25). The van der Waals surface area contributed by atoms with Gasteiger partial charge in [-0.2, -0.15) is 0 Å². The van der Waals surface area contributed by atoms with Crippen molar-refractivity contribution in [3.05, 3.63) is 57.6 Å². The fourth-order valence-electron chi connectivity index (χ4n) is 1.85. The molecule has 0 atom stereocenters. The van der Waals surface area contributed by atoms with Crippen molar-refractivity contribution in [1.82, 2.24) is 10.9 Å². The minimum absolute atomic E-state index is 0.160. The molecule has 0 aliphatic carbocycles. The van der Waals surface area contributed by atoms with Crippen LogP contribution in [0.1, 0.15) is 11.1 Å². The fraction of sp³-hybridized carbons (Fsp3) is 0.176. The first kappa shape index (κ1) is 19.3. The number of aryl methyl sites for hydroxylation is 2. The SMILES string of the molecule is Cc1cc(OCC(=O)NNC(=S)Nc2ccc(C)c(Cl)c2)ccc1Cl. The molecular formula is C17H17Cl2N3O2S. The Kier molecular flexibility index (Phi) is 6.87. The van der Waals surface area contributed by atoms with Crippen LogP contribution in [0.4, 0.5) is 5.69 Å². The second-order valence-electron chi connectivity index (χ2n) is 5.29. The number of thiocarbonyl (C=S) groups is 1. The van der Waals surface area contributed by atoms with E-state index in [0.29, 0.717) is 15.8 Å². The van der Waals surface area contributed by atoms with Crippen molar-refractivity contribution in [2.45, 2.75) is 13.8 Å². The second-order valence-corrected chi connectivity index (χ2v) is 6.51. The molecule has 0 aliphatic heterocycles.